The van der Waals surface area contributed by atoms with Gasteiger partial charge in [-0.15, -0.1) is 0 Å². The Balaban J connectivity index is 1.80. The molecule has 0 fully saturated rings. The van der Waals surface area contributed by atoms with Crippen molar-refractivity contribution in [1.29, 1.82) is 0 Å². The Kier molecular flexibility index (Phi) is 4.48. The lowest BCUT2D eigenvalue weighted by Gasteiger charge is -2.25. The Labute approximate surface area is 160 Å². The van der Waals surface area contributed by atoms with Crippen molar-refractivity contribution in [1.82, 2.24) is 4.90 Å². The fourth-order valence-electron chi connectivity index (χ4n) is 3.53. The summed E-state index contributed by atoms with van der Waals surface area (Å²) in [5.74, 6) is 1.79. The van der Waals surface area contributed by atoms with E-state index in [-0.39, 0.29) is 11.9 Å². The second-order valence-corrected chi connectivity index (χ2v) is 7.45. The molecule has 27 heavy (non-hydrogen) atoms. The molecule has 136 valence electrons. The number of rotatable bonds is 4. The summed E-state index contributed by atoms with van der Waals surface area (Å²) in [5, 5.41) is 0. The predicted octanol–water partition coefficient (Wildman–Crippen LogP) is 4.84. The van der Waals surface area contributed by atoms with Crippen LogP contribution in [0.5, 0.6) is 0 Å². The van der Waals surface area contributed by atoms with Crippen LogP contribution in [0, 0.1) is 5.92 Å². The molecule has 0 aromatic heterocycles. The van der Waals surface area contributed by atoms with E-state index in [1.54, 1.807) is 4.90 Å². The van der Waals surface area contributed by atoms with Crippen LogP contribution in [0.1, 0.15) is 38.3 Å². The maximum absolute atomic E-state index is 13.1. The standard InChI is InChI=1S/C23H23N3O/c1-15(2)13-20-23(27)26-21(14-16(3)17-9-5-4-6-10-17)24-19-12-8-7-11-18(19)22(26)25-20/h4-12,14-15,20H,13H2,1-3H3/b16-14+/t20-/m0/s1. The van der Waals surface area contributed by atoms with Crippen LogP contribution < -0.4 is 0 Å². The van der Waals surface area contributed by atoms with Crippen molar-refractivity contribution < 1.29 is 4.79 Å². The summed E-state index contributed by atoms with van der Waals surface area (Å²) in [6, 6.07) is 17.7. The summed E-state index contributed by atoms with van der Waals surface area (Å²) in [4.78, 5) is 24.4. The number of allylic oxidation sites excluding steroid dienone is 1. The summed E-state index contributed by atoms with van der Waals surface area (Å²) in [6.45, 7) is 6.28. The molecule has 4 nitrogen and oxygen atoms in total. The first-order valence-corrected chi connectivity index (χ1v) is 9.38. The SMILES string of the molecule is C/C(=C\C1=Nc2ccccc2C2=N[C@@H](CC(C)C)C(=O)N12)c1ccccc1. The van der Waals surface area contributed by atoms with Crippen LogP contribution in [0.15, 0.2) is 70.7 Å². The minimum absolute atomic E-state index is 0.0177. The Bertz CT molecular complexity index is 970. The first kappa shape index (κ1) is 17.4. The van der Waals surface area contributed by atoms with Crippen molar-refractivity contribution in [2.24, 2.45) is 15.9 Å². The van der Waals surface area contributed by atoms with Crippen LogP contribution in [-0.4, -0.2) is 28.5 Å². The van der Waals surface area contributed by atoms with E-state index >= 15 is 0 Å². The summed E-state index contributed by atoms with van der Waals surface area (Å²) in [6.07, 6.45) is 2.73. The largest absolute Gasteiger partial charge is 0.272 e. The van der Waals surface area contributed by atoms with Gasteiger partial charge in [0.25, 0.3) is 5.91 Å². The number of aliphatic imine (C=N–C) groups is 2. The lowest BCUT2D eigenvalue weighted by molar-refractivity contribution is -0.125. The first-order valence-electron chi connectivity index (χ1n) is 9.38. The number of carbonyl (C=O) groups is 1. The Morgan fingerprint density at radius 2 is 1.81 bits per heavy atom. The average molecular weight is 357 g/mol. The molecular formula is C23H23N3O. The van der Waals surface area contributed by atoms with Crippen molar-refractivity contribution in [2.75, 3.05) is 0 Å². The second kappa shape index (κ2) is 6.95. The lowest BCUT2D eigenvalue weighted by Crippen LogP contribution is -2.41. The van der Waals surface area contributed by atoms with Crippen LogP contribution in [0.2, 0.25) is 0 Å². The molecule has 0 N–H and O–H groups in total. The van der Waals surface area contributed by atoms with E-state index in [9.17, 15) is 4.79 Å². The van der Waals surface area contributed by atoms with Crippen molar-refractivity contribution in [3.05, 3.63) is 71.8 Å². The van der Waals surface area contributed by atoms with Gasteiger partial charge in [-0.2, -0.15) is 0 Å². The maximum Gasteiger partial charge on any atom is 0.258 e. The highest BCUT2D eigenvalue weighted by molar-refractivity contribution is 6.30. The third-order valence-electron chi connectivity index (χ3n) is 4.87. The van der Waals surface area contributed by atoms with E-state index in [0.717, 1.165) is 34.6 Å². The molecule has 0 bridgehead atoms. The molecule has 1 atom stereocenters. The third-order valence-corrected chi connectivity index (χ3v) is 4.87. The topological polar surface area (TPSA) is 45.0 Å². The molecule has 1 amide bonds. The van der Waals surface area contributed by atoms with Gasteiger partial charge in [0.05, 0.1) is 5.69 Å². The number of hydrogen-bond donors (Lipinski definition) is 0. The molecule has 0 aliphatic carbocycles. The normalized spacial score (nSPS) is 19.0. The average Bonchev–Trinajstić information content (AvgIpc) is 2.99. The van der Waals surface area contributed by atoms with Gasteiger partial charge in [0.1, 0.15) is 17.7 Å². The van der Waals surface area contributed by atoms with Crippen molar-refractivity contribution >= 4 is 28.8 Å². The number of amides is 1. The maximum atomic E-state index is 13.1. The molecule has 2 heterocycles. The fourth-order valence-corrected chi connectivity index (χ4v) is 3.53. The number of benzene rings is 2. The van der Waals surface area contributed by atoms with Gasteiger partial charge in [0, 0.05) is 5.56 Å². The van der Waals surface area contributed by atoms with Crippen molar-refractivity contribution in [3.63, 3.8) is 0 Å². The molecule has 2 aliphatic heterocycles. The van der Waals surface area contributed by atoms with Crippen molar-refractivity contribution in [3.8, 4) is 0 Å². The second-order valence-electron chi connectivity index (χ2n) is 7.45. The molecule has 0 unspecified atom stereocenters. The van der Waals surface area contributed by atoms with E-state index < -0.39 is 0 Å². The van der Waals surface area contributed by atoms with Crippen molar-refractivity contribution in [2.45, 2.75) is 33.2 Å². The molecule has 4 rings (SSSR count). The number of fused-ring (bicyclic) bond motifs is 3. The molecule has 0 saturated carbocycles. The quantitative estimate of drug-likeness (QED) is 0.772. The fraction of sp³-hybridized carbons (Fsp3) is 0.261. The summed E-state index contributed by atoms with van der Waals surface area (Å²) in [7, 11) is 0. The molecular weight excluding hydrogens is 334 g/mol. The van der Waals surface area contributed by atoms with Gasteiger partial charge >= 0.3 is 0 Å². The summed E-state index contributed by atoms with van der Waals surface area (Å²) in [5.41, 5.74) is 3.96. The van der Waals surface area contributed by atoms with Crippen LogP contribution >= 0.6 is 0 Å². The van der Waals surface area contributed by atoms with Crippen LogP contribution in [0.3, 0.4) is 0 Å². The number of carbonyl (C=O) groups excluding carboxylic acids is 1. The molecule has 0 spiro atoms. The van der Waals surface area contributed by atoms with E-state index in [0.29, 0.717) is 11.8 Å². The monoisotopic (exact) mass is 357 g/mol. The summed E-state index contributed by atoms with van der Waals surface area (Å²) >= 11 is 0. The minimum Gasteiger partial charge on any atom is -0.272 e. The minimum atomic E-state index is -0.332. The number of amidine groups is 2. The van der Waals surface area contributed by atoms with Gasteiger partial charge in [0.2, 0.25) is 0 Å². The van der Waals surface area contributed by atoms with Gasteiger partial charge in [0.15, 0.2) is 0 Å². The molecule has 2 aliphatic rings. The zero-order chi connectivity index (χ0) is 19.0. The van der Waals surface area contributed by atoms with Gasteiger partial charge in [-0.25, -0.2) is 9.89 Å². The van der Waals surface area contributed by atoms with Gasteiger partial charge in [-0.1, -0.05) is 56.3 Å². The summed E-state index contributed by atoms with van der Waals surface area (Å²) < 4.78 is 0. The molecule has 2 aromatic rings. The molecule has 0 radical (unpaired) electrons. The van der Waals surface area contributed by atoms with E-state index in [1.165, 1.54) is 0 Å². The van der Waals surface area contributed by atoms with Gasteiger partial charge in [-0.05, 0) is 48.6 Å². The Morgan fingerprint density at radius 3 is 2.56 bits per heavy atom. The van der Waals surface area contributed by atoms with E-state index in [1.807, 2.05) is 55.5 Å². The lowest BCUT2D eigenvalue weighted by atomic mass is 10.0. The van der Waals surface area contributed by atoms with Gasteiger partial charge in [-0.3, -0.25) is 9.79 Å². The van der Waals surface area contributed by atoms with E-state index in [4.69, 9.17) is 9.98 Å². The number of nitrogens with zero attached hydrogens (tertiary/aromatic N) is 3. The number of hydrogen-bond acceptors (Lipinski definition) is 3. The highest BCUT2D eigenvalue weighted by Gasteiger charge is 2.40. The third kappa shape index (κ3) is 3.23. The molecule has 0 saturated heterocycles. The zero-order valence-corrected chi connectivity index (χ0v) is 15.9. The van der Waals surface area contributed by atoms with Crippen LogP contribution in [-0.2, 0) is 4.79 Å². The highest BCUT2D eigenvalue weighted by atomic mass is 16.2. The zero-order valence-electron chi connectivity index (χ0n) is 15.9. The van der Waals surface area contributed by atoms with Crippen LogP contribution in [0.25, 0.3) is 5.57 Å². The Morgan fingerprint density at radius 1 is 1.11 bits per heavy atom. The van der Waals surface area contributed by atoms with Gasteiger partial charge < -0.3 is 0 Å². The predicted molar refractivity (Wildman–Crippen MR) is 110 cm³/mol. The van der Waals surface area contributed by atoms with Crippen LogP contribution in [0.4, 0.5) is 5.69 Å². The van der Waals surface area contributed by atoms with E-state index in [2.05, 4.69) is 26.0 Å². The Hall–Kier alpha value is -3.01. The number of para-hydroxylation sites is 1. The molecule has 2 aromatic carbocycles. The smallest absolute Gasteiger partial charge is 0.258 e. The first-order chi connectivity index (χ1) is 13.0. The molecule has 4 heteroatoms. The highest BCUT2D eigenvalue weighted by Crippen LogP contribution is 2.32.